The first kappa shape index (κ1) is 11.9. The van der Waals surface area contributed by atoms with E-state index in [-0.39, 0.29) is 11.7 Å². The molecule has 4 N–H and O–H groups in total. The maximum absolute atomic E-state index is 11.2. The highest BCUT2D eigenvalue weighted by Gasteiger charge is 2.09. The van der Waals surface area contributed by atoms with Gasteiger partial charge in [-0.3, -0.25) is 0 Å². The Morgan fingerprint density at radius 1 is 1.29 bits per heavy atom. The third kappa shape index (κ3) is 2.57. The van der Waals surface area contributed by atoms with Crippen molar-refractivity contribution in [1.82, 2.24) is 20.6 Å². The zero-order chi connectivity index (χ0) is 12.3. The SMILES string of the molecule is CCNCC(NC)c1ccc2[nH]c(=O)[nH]c2c1. The lowest BCUT2D eigenvalue weighted by molar-refractivity contribution is 0.539. The highest BCUT2D eigenvalue weighted by atomic mass is 16.1. The zero-order valence-corrected chi connectivity index (χ0v) is 10.1. The Morgan fingerprint density at radius 3 is 2.76 bits per heavy atom. The van der Waals surface area contributed by atoms with Crippen LogP contribution >= 0.6 is 0 Å². The van der Waals surface area contributed by atoms with Gasteiger partial charge in [0, 0.05) is 12.6 Å². The number of imidazole rings is 1. The van der Waals surface area contributed by atoms with Crippen LogP contribution in [0.4, 0.5) is 0 Å². The van der Waals surface area contributed by atoms with E-state index in [0.717, 1.165) is 29.7 Å². The minimum Gasteiger partial charge on any atom is -0.315 e. The van der Waals surface area contributed by atoms with Crippen molar-refractivity contribution < 1.29 is 0 Å². The first-order valence-corrected chi connectivity index (χ1v) is 5.84. The van der Waals surface area contributed by atoms with Crippen molar-refractivity contribution in [3.05, 3.63) is 34.2 Å². The molecule has 0 amide bonds. The molecule has 5 nitrogen and oxygen atoms in total. The highest BCUT2D eigenvalue weighted by molar-refractivity contribution is 5.75. The van der Waals surface area contributed by atoms with E-state index in [0.29, 0.717) is 0 Å². The second-order valence-electron chi connectivity index (χ2n) is 4.03. The topological polar surface area (TPSA) is 72.7 Å². The van der Waals surface area contributed by atoms with Crippen LogP contribution in [0.5, 0.6) is 0 Å². The Balaban J connectivity index is 2.30. The molecular formula is C12H18N4O. The van der Waals surface area contributed by atoms with Crippen molar-refractivity contribution in [1.29, 1.82) is 0 Å². The van der Waals surface area contributed by atoms with Gasteiger partial charge in [-0.15, -0.1) is 0 Å². The first-order chi connectivity index (χ1) is 8.24. The molecule has 17 heavy (non-hydrogen) atoms. The number of nitrogens with one attached hydrogen (secondary N) is 4. The lowest BCUT2D eigenvalue weighted by atomic mass is 10.1. The summed E-state index contributed by atoms with van der Waals surface area (Å²) in [5.74, 6) is 0. The molecule has 1 atom stereocenters. The Labute approximate surface area is 99.6 Å². The fourth-order valence-corrected chi connectivity index (χ4v) is 1.94. The molecule has 0 fully saturated rings. The molecule has 1 aromatic heterocycles. The molecular weight excluding hydrogens is 216 g/mol. The smallest absolute Gasteiger partial charge is 0.315 e. The van der Waals surface area contributed by atoms with Gasteiger partial charge in [-0.1, -0.05) is 13.0 Å². The van der Waals surface area contributed by atoms with E-state index < -0.39 is 0 Å². The van der Waals surface area contributed by atoms with Crippen LogP contribution in [-0.2, 0) is 0 Å². The van der Waals surface area contributed by atoms with Crippen molar-refractivity contribution in [2.24, 2.45) is 0 Å². The molecule has 2 rings (SSSR count). The molecule has 92 valence electrons. The number of likely N-dealkylation sites (N-methyl/N-ethyl adjacent to an activating group) is 2. The number of rotatable bonds is 5. The maximum atomic E-state index is 11.2. The number of hydrogen-bond donors (Lipinski definition) is 4. The zero-order valence-electron chi connectivity index (χ0n) is 10.1. The van der Waals surface area contributed by atoms with E-state index in [4.69, 9.17) is 0 Å². The van der Waals surface area contributed by atoms with E-state index in [1.54, 1.807) is 0 Å². The van der Waals surface area contributed by atoms with Crippen LogP contribution in [0.25, 0.3) is 11.0 Å². The predicted octanol–water partition coefficient (Wildman–Crippen LogP) is 0.726. The highest BCUT2D eigenvalue weighted by Crippen LogP contribution is 2.16. The maximum Gasteiger partial charge on any atom is 0.323 e. The summed E-state index contributed by atoms with van der Waals surface area (Å²) in [6, 6.07) is 6.22. The van der Waals surface area contributed by atoms with Gasteiger partial charge in [-0.2, -0.15) is 0 Å². The monoisotopic (exact) mass is 234 g/mol. The number of H-pyrrole nitrogens is 2. The van der Waals surface area contributed by atoms with Crippen molar-refractivity contribution in [3.63, 3.8) is 0 Å². The van der Waals surface area contributed by atoms with Crippen molar-refractivity contribution in [3.8, 4) is 0 Å². The molecule has 0 saturated heterocycles. The van der Waals surface area contributed by atoms with E-state index in [1.165, 1.54) is 0 Å². The molecule has 2 aromatic rings. The number of aromatic amines is 2. The van der Waals surface area contributed by atoms with Gasteiger partial charge in [-0.25, -0.2) is 4.79 Å². The van der Waals surface area contributed by atoms with Crippen LogP contribution in [0.2, 0.25) is 0 Å². The largest absolute Gasteiger partial charge is 0.323 e. The van der Waals surface area contributed by atoms with E-state index in [2.05, 4.69) is 27.5 Å². The standard InChI is InChI=1S/C12H18N4O/c1-3-14-7-11(13-2)8-4-5-9-10(6-8)16-12(17)15-9/h4-6,11,13-14H,3,7H2,1-2H3,(H2,15,16,17). The molecule has 0 aliphatic carbocycles. The number of hydrogen-bond acceptors (Lipinski definition) is 3. The first-order valence-electron chi connectivity index (χ1n) is 5.84. The fourth-order valence-electron chi connectivity index (χ4n) is 1.94. The van der Waals surface area contributed by atoms with Gasteiger partial charge >= 0.3 is 5.69 Å². The Morgan fingerprint density at radius 2 is 2.06 bits per heavy atom. The Bertz CT molecular complexity index is 543. The molecule has 0 radical (unpaired) electrons. The Kier molecular flexibility index (Phi) is 3.61. The van der Waals surface area contributed by atoms with Crippen molar-refractivity contribution >= 4 is 11.0 Å². The van der Waals surface area contributed by atoms with Gasteiger partial charge in [-0.05, 0) is 31.3 Å². The van der Waals surface area contributed by atoms with Crippen LogP contribution in [-0.4, -0.2) is 30.1 Å². The average molecular weight is 234 g/mol. The molecule has 1 heterocycles. The molecule has 0 aliphatic heterocycles. The van der Waals surface area contributed by atoms with Gasteiger partial charge in [0.25, 0.3) is 0 Å². The summed E-state index contributed by atoms with van der Waals surface area (Å²) in [5.41, 5.74) is 2.70. The average Bonchev–Trinajstić information content (AvgIpc) is 2.69. The summed E-state index contributed by atoms with van der Waals surface area (Å²) in [7, 11) is 1.94. The van der Waals surface area contributed by atoms with Gasteiger partial charge in [0.1, 0.15) is 0 Å². The summed E-state index contributed by atoms with van der Waals surface area (Å²) in [4.78, 5) is 16.7. The molecule has 5 heteroatoms. The molecule has 0 bridgehead atoms. The van der Waals surface area contributed by atoms with Crippen LogP contribution in [0, 0.1) is 0 Å². The van der Waals surface area contributed by atoms with Crippen LogP contribution < -0.4 is 16.3 Å². The van der Waals surface area contributed by atoms with Crippen LogP contribution in [0.1, 0.15) is 18.5 Å². The third-order valence-electron chi connectivity index (χ3n) is 2.89. The lowest BCUT2D eigenvalue weighted by Gasteiger charge is -2.16. The number of aromatic nitrogens is 2. The van der Waals surface area contributed by atoms with Crippen molar-refractivity contribution in [2.45, 2.75) is 13.0 Å². The molecule has 1 aromatic carbocycles. The second kappa shape index (κ2) is 5.16. The molecule has 0 aliphatic rings. The lowest BCUT2D eigenvalue weighted by Crippen LogP contribution is -2.29. The fraction of sp³-hybridized carbons (Fsp3) is 0.417. The summed E-state index contributed by atoms with van der Waals surface area (Å²) >= 11 is 0. The normalized spacial score (nSPS) is 13.1. The Hall–Kier alpha value is -1.59. The number of benzene rings is 1. The third-order valence-corrected chi connectivity index (χ3v) is 2.89. The van der Waals surface area contributed by atoms with E-state index in [1.807, 2.05) is 25.2 Å². The quantitative estimate of drug-likeness (QED) is 0.616. The summed E-state index contributed by atoms with van der Waals surface area (Å²) < 4.78 is 0. The van der Waals surface area contributed by atoms with Crippen LogP contribution in [0.15, 0.2) is 23.0 Å². The molecule has 0 saturated carbocycles. The van der Waals surface area contributed by atoms with E-state index in [9.17, 15) is 4.79 Å². The van der Waals surface area contributed by atoms with E-state index >= 15 is 0 Å². The summed E-state index contributed by atoms with van der Waals surface area (Å²) in [6.07, 6.45) is 0. The minimum absolute atomic E-state index is 0.162. The summed E-state index contributed by atoms with van der Waals surface area (Å²) in [6.45, 7) is 3.90. The van der Waals surface area contributed by atoms with Gasteiger partial charge in [0.05, 0.1) is 11.0 Å². The molecule has 0 spiro atoms. The molecule has 1 unspecified atom stereocenters. The second-order valence-corrected chi connectivity index (χ2v) is 4.03. The van der Waals surface area contributed by atoms with Gasteiger partial charge < -0.3 is 20.6 Å². The summed E-state index contributed by atoms with van der Waals surface area (Å²) in [5, 5.41) is 6.57. The predicted molar refractivity (Wildman–Crippen MR) is 69.3 cm³/mol. The van der Waals surface area contributed by atoms with Gasteiger partial charge in [0.2, 0.25) is 0 Å². The van der Waals surface area contributed by atoms with Gasteiger partial charge in [0.15, 0.2) is 0 Å². The number of fused-ring (bicyclic) bond motifs is 1. The van der Waals surface area contributed by atoms with Crippen molar-refractivity contribution in [2.75, 3.05) is 20.1 Å². The minimum atomic E-state index is -0.162. The van der Waals surface area contributed by atoms with Crippen LogP contribution in [0.3, 0.4) is 0 Å².